The van der Waals surface area contributed by atoms with Crippen molar-refractivity contribution in [2.45, 2.75) is 26.4 Å². The highest BCUT2D eigenvalue weighted by molar-refractivity contribution is 6.00. The summed E-state index contributed by atoms with van der Waals surface area (Å²) >= 11 is 0. The van der Waals surface area contributed by atoms with Crippen molar-refractivity contribution < 1.29 is 19.4 Å². The predicted molar refractivity (Wildman–Crippen MR) is 116 cm³/mol. The van der Waals surface area contributed by atoms with Crippen LogP contribution in [0.15, 0.2) is 66.8 Å². The summed E-state index contributed by atoms with van der Waals surface area (Å²) in [5.74, 6) is -0.327. The Balaban J connectivity index is 1.91. The molecule has 0 aliphatic carbocycles. The number of hydrogen-bond acceptors (Lipinski definition) is 4. The normalized spacial score (nSPS) is 11.6. The number of nitrogens with zero attached hydrogens (tertiary/aromatic N) is 1. The summed E-state index contributed by atoms with van der Waals surface area (Å²) < 4.78 is 5.35. The molecule has 6 nitrogen and oxygen atoms in total. The van der Waals surface area contributed by atoms with Crippen molar-refractivity contribution in [3.05, 3.63) is 72.3 Å². The number of hydrogen-bond donors (Lipinski definition) is 2. The Morgan fingerprint density at radius 1 is 1.03 bits per heavy atom. The highest BCUT2D eigenvalue weighted by Gasteiger charge is 2.20. The van der Waals surface area contributed by atoms with Crippen molar-refractivity contribution >= 4 is 29.5 Å². The summed E-state index contributed by atoms with van der Waals surface area (Å²) in [5, 5.41) is 12.2. The molecule has 29 heavy (non-hydrogen) atoms. The number of para-hydroxylation sites is 2. The maximum Gasteiger partial charge on any atom is 0.414 e. The summed E-state index contributed by atoms with van der Waals surface area (Å²) in [6.07, 6.45) is 6.13. The lowest BCUT2D eigenvalue weighted by atomic mass is 10.2. The van der Waals surface area contributed by atoms with E-state index in [-0.39, 0.29) is 11.7 Å². The third-order valence-corrected chi connectivity index (χ3v) is 3.76. The van der Waals surface area contributed by atoms with E-state index in [1.54, 1.807) is 37.4 Å². The van der Waals surface area contributed by atoms with E-state index in [2.05, 4.69) is 5.32 Å². The monoisotopic (exact) mass is 394 g/mol. The fourth-order valence-electron chi connectivity index (χ4n) is 2.31. The Hall–Kier alpha value is -3.54. The van der Waals surface area contributed by atoms with Gasteiger partial charge in [0.2, 0.25) is 5.91 Å². The van der Waals surface area contributed by atoms with Crippen molar-refractivity contribution in [1.82, 2.24) is 0 Å². The molecular formula is C23H26N2O4. The van der Waals surface area contributed by atoms with Crippen LogP contribution < -0.4 is 10.2 Å². The van der Waals surface area contributed by atoms with E-state index >= 15 is 0 Å². The number of rotatable bonds is 5. The third-order valence-electron chi connectivity index (χ3n) is 3.76. The van der Waals surface area contributed by atoms with Gasteiger partial charge in [-0.05, 0) is 50.6 Å². The molecule has 152 valence electrons. The Labute approximate surface area is 171 Å². The average Bonchev–Trinajstić information content (AvgIpc) is 2.65. The van der Waals surface area contributed by atoms with Crippen LogP contribution >= 0.6 is 0 Å². The quantitative estimate of drug-likeness (QED) is 0.426. The van der Waals surface area contributed by atoms with Crippen LogP contribution in [0.4, 0.5) is 16.2 Å². The van der Waals surface area contributed by atoms with Crippen molar-refractivity contribution in [3.63, 3.8) is 0 Å². The lowest BCUT2D eigenvalue weighted by Crippen LogP contribution is -2.34. The Morgan fingerprint density at radius 3 is 2.31 bits per heavy atom. The molecule has 2 rings (SSSR count). The maximum atomic E-state index is 12.1. The molecule has 0 radical (unpaired) electrons. The Morgan fingerprint density at radius 2 is 1.69 bits per heavy atom. The van der Waals surface area contributed by atoms with E-state index in [1.807, 2.05) is 51.1 Å². The smallest absolute Gasteiger partial charge is 0.414 e. The third kappa shape index (κ3) is 7.18. The van der Waals surface area contributed by atoms with Gasteiger partial charge in [-0.25, -0.2) is 4.79 Å². The van der Waals surface area contributed by atoms with Gasteiger partial charge in [-0.1, -0.05) is 42.5 Å². The number of carbonyl (C=O) groups is 2. The second-order valence-corrected chi connectivity index (χ2v) is 7.36. The first-order chi connectivity index (χ1) is 13.7. The molecule has 2 amide bonds. The molecule has 2 aromatic rings. The fraction of sp³-hybridized carbons (Fsp3) is 0.217. The van der Waals surface area contributed by atoms with Crippen molar-refractivity contribution in [3.8, 4) is 5.75 Å². The second-order valence-electron chi connectivity index (χ2n) is 7.36. The van der Waals surface area contributed by atoms with Gasteiger partial charge in [0.05, 0.1) is 5.69 Å². The molecule has 0 bridgehead atoms. The van der Waals surface area contributed by atoms with Crippen LogP contribution in [0.2, 0.25) is 0 Å². The predicted octanol–water partition coefficient (Wildman–Crippen LogP) is 4.97. The molecule has 0 fully saturated rings. The van der Waals surface area contributed by atoms with Gasteiger partial charge in [-0.15, -0.1) is 0 Å². The number of nitrogens with one attached hydrogen (secondary N) is 1. The molecule has 0 aliphatic rings. The lowest BCUT2D eigenvalue weighted by molar-refractivity contribution is -0.111. The van der Waals surface area contributed by atoms with Gasteiger partial charge < -0.3 is 15.2 Å². The van der Waals surface area contributed by atoms with Crippen LogP contribution in [0, 0.1) is 0 Å². The molecule has 2 aromatic carbocycles. The Kier molecular flexibility index (Phi) is 7.20. The molecule has 2 N–H and O–H groups in total. The average molecular weight is 394 g/mol. The number of benzene rings is 2. The molecule has 0 saturated heterocycles. The molecule has 0 aliphatic heterocycles. The first kappa shape index (κ1) is 21.8. The van der Waals surface area contributed by atoms with E-state index in [0.29, 0.717) is 11.4 Å². The first-order valence-electron chi connectivity index (χ1n) is 9.16. The topological polar surface area (TPSA) is 78.9 Å². The van der Waals surface area contributed by atoms with Crippen LogP contribution in [0.3, 0.4) is 0 Å². The lowest BCUT2D eigenvalue weighted by Gasteiger charge is -2.24. The molecular weight excluding hydrogens is 368 g/mol. The summed E-state index contributed by atoms with van der Waals surface area (Å²) in [7, 11) is 1.66. The van der Waals surface area contributed by atoms with Crippen molar-refractivity contribution in [1.29, 1.82) is 0 Å². The zero-order valence-electron chi connectivity index (χ0n) is 17.0. The molecule has 0 aromatic heterocycles. The van der Waals surface area contributed by atoms with Crippen LogP contribution in [0.5, 0.6) is 5.75 Å². The number of phenolic OH excluding ortho intramolecular Hbond substituents is 1. The van der Waals surface area contributed by atoms with Crippen LogP contribution in [0.25, 0.3) is 6.08 Å². The van der Waals surface area contributed by atoms with Crippen molar-refractivity contribution in [2.75, 3.05) is 17.3 Å². The largest absolute Gasteiger partial charge is 0.506 e. The van der Waals surface area contributed by atoms with E-state index < -0.39 is 11.7 Å². The van der Waals surface area contributed by atoms with E-state index in [1.165, 1.54) is 17.0 Å². The van der Waals surface area contributed by atoms with Gasteiger partial charge in [0.1, 0.15) is 11.4 Å². The fourth-order valence-corrected chi connectivity index (χ4v) is 2.31. The van der Waals surface area contributed by atoms with Crippen LogP contribution in [-0.4, -0.2) is 29.8 Å². The maximum absolute atomic E-state index is 12.1. The number of amides is 2. The number of anilines is 2. The van der Waals surface area contributed by atoms with Gasteiger partial charge in [0.25, 0.3) is 0 Å². The van der Waals surface area contributed by atoms with Gasteiger partial charge in [0.15, 0.2) is 0 Å². The van der Waals surface area contributed by atoms with Crippen LogP contribution in [0.1, 0.15) is 26.3 Å². The number of aromatic hydroxyl groups is 1. The zero-order valence-corrected chi connectivity index (χ0v) is 17.0. The minimum absolute atomic E-state index is 0.0150. The minimum atomic E-state index is -0.550. The summed E-state index contributed by atoms with van der Waals surface area (Å²) in [5.41, 5.74) is 1.44. The molecule has 0 heterocycles. The van der Waals surface area contributed by atoms with Crippen molar-refractivity contribution in [2.24, 2.45) is 0 Å². The highest BCUT2D eigenvalue weighted by Crippen LogP contribution is 2.21. The second kappa shape index (κ2) is 9.59. The minimum Gasteiger partial charge on any atom is -0.506 e. The number of phenols is 1. The number of ether oxygens (including phenoxy) is 1. The zero-order chi connectivity index (χ0) is 21.4. The van der Waals surface area contributed by atoms with E-state index in [4.69, 9.17) is 4.74 Å². The molecule has 6 heteroatoms. The summed E-state index contributed by atoms with van der Waals surface area (Å²) in [6.45, 7) is 5.47. The Bertz CT molecular complexity index is 909. The van der Waals surface area contributed by atoms with Crippen LogP contribution in [-0.2, 0) is 9.53 Å². The summed E-state index contributed by atoms with van der Waals surface area (Å²) in [6, 6.07) is 13.9. The first-order valence-corrected chi connectivity index (χ1v) is 9.16. The molecule has 0 spiro atoms. The van der Waals surface area contributed by atoms with Gasteiger partial charge in [0, 0.05) is 18.8 Å². The van der Waals surface area contributed by atoms with Gasteiger partial charge in [-0.3, -0.25) is 9.69 Å². The molecule has 0 atom stereocenters. The highest BCUT2D eigenvalue weighted by atomic mass is 16.6. The van der Waals surface area contributed by atoms with E-state index in [9.17, 15) is 14.7 Å². The summed E-state index contributed by atoms with van der Waals surface area (Å²) in [4.78, 5) is 25.4. The number of carbonyl (C=O) groups excluding carboxylic acids is 2. The van der Waals surface area contributed by atoms with E-state index in [0.717, 1.165) is 5.56 Å². The molecule has 0 saturated carbocycles. The van der Waals surface area contributed by atoms with Gasteiger partial charge in [-0.2, -0.15) is 0 Å². The van der Waals surface area contributed by atoms with Gasteiger partial charge >= 0.3 is 6.09 Å². The standard InChI is InChI=1S/C23H26N2O4/c1-23(2,3)29-22(28)25(4)18-15-13-17(14-16-18)9-5-8-12-21(27)24-19-10-6-7-11-20(19)26/h5-16,26H,1-4H3,(H,24,27). The number of allylic oxidation sites excluding steroid dienone is 2. The SMILES string of the molecule is CN(C(=O)OC(C)(C)C)c1ccc(C=CC=CC(=O)Nc2ccccc2O)cc1. The molecule has 0 unspecified atom stereocenters.